The molecule has 0 saturated carbocycles. The SMILES string of the molecule is COc1ccccc1NC(=O)N1CCC2(CC1)CC(=O)c1ccccc1O2. The zero-order chi connectivity index (χ0) is 18.9. The van der Waals surface area contributed by atoms with Gasteiger partial charge in [0.1, 0.15) is 17.1 Å². The van der Waals surface area contributed by atoms with Crippen molar-refractivity contribution in [2.45, 2.75) is 24.9 Å². The fraction of sp³-hybridized carbons (Fsp3) is 0.333. The van der Waals surface area contributed by atoms with Gasteiger partial charge in [-0.1, -0.05) is 24.3 Å². The quantitative estimate of drug-likeness (QED) is 0.879. The van der Waals surface area contributed by atoms with Crippen molar-refractivity contribution in [2.24, 2.45) is 0 Å². The Balaban J connectivity index is 1.42. The van der Waals surface area contributed by atoms with Crippen LogP contribution in [0.25, 0.3) is 0 Å². The number of para-hydroxylation sites is 3. The molecular weight excluding hydrogens is 344 g/mol. The molecule has 1 saturated heterocycles. The van der Waals surface area contributed by atoms with Crippen LogP contribution in [-0.2, 0) is 0 Å². The molecule has 6 nitrogen and oxygen atoms in total. The summed E-state index contributed by atoms with van der Waals surface area (Å²) < 4.78 is 11.5. The van der Waals surface area contributed by atoms with Gasteiger partial charge in [0.15, 0.2) is 5.78 Å². The van der Waals surface area contributed by atoms with E-state index in [2.05, 4.69) is 5.32 Å². The highest BCUT2D eigenvalue weighted by atomic mass is 16.5. The monoisotopic (exact) mass is 366 g/mol. The summed E-state index contributed by atoms with van der Waals surface area (Å²) in [7, 11) is 1.57. The van der Waals surface area contributed by atoms with Gasteiger partial charge in [-0.3, -0.25) is 4.79 Å². The number of carbonyl (C=O) groups is 2. The number of ketones is 1. The molecule has 0 radical (unpaired) electrons. The summed E-state index contributed by atoms with van der Waals surface area (Å²) in [6.45, 7) is 1.08. The van der Waals surface area contributed by atoms with Gasteiger partial charge in [-0.2, -0.15) is 0 Å². The average molecular weight is 366 g/mol. The minimum atomic E-state index is -0.507. The Kier molecular flexibility index (Phi) is 4.48. The maximum Gasteiger partial charge on any atom is 0.321 e. The number of nitrogens with zero attached hydrogens (tertiary/aromatic N) is 1. The molecule has 2 aromatic rings. The fourth-order valence-corrected chi connectivity index (χ4v) is 3.78. The van der Waals surface area contributed by atoms with Crippen LogP contribution in [0.1, 0.15) is 29.6 Å². The van der Waals surface area contributed by atoms with E-state index in [1.807, 2.05) is 36.4 Å². The molecule has 2 aliphatic heterocycles. The van der Waals surface area contributed by atoms with Crippen LogP contribution in [0.3, 0.4) is 0 Å². The number of benzene rings is 2. The molecule has 2 heterocycles. The van der Waals surface area contributed by atoms with Gasteiger partial charge in [0.05, 0.1) is 24.8 Å². The van der Waals surface area contributed by atoms with E-state index in [-0.39, 0.29) is 11.8 Å². The summed E-state index contributed by atoms with van der Waals surface area (Å²) in [5, 5.41) is 2.90. The number of ether oxygens (including phenoxy) is 2. The Morgan fingerprint density at radius 2 is 1.81 bits per heavy atom. The Labute approximate surface area is 158 Å². The normalized spacial score (nSPS) is 17.8. The summed E-state index contributed by atoms with van der Waals surface area (Å²) in [5.74, 6) is 1.39. The molecule has 6 heteroatoms. The van der Waals surface area contributed by atoms with E-state index in [0.717, 1.165) is 0 Å². The number of urea groups is 1. The van der Waals surface area contributed by atoms with Crippen LogP contribution in [0.5, 0.6) is 11.5 Å². The standard InChI is InChI=1S/C21H22N2O4/c1-26-19-9-5-3-7-16(19)22-20(25)23-12-10-21(11-13-23)14-17(24)15-6-2-4-8-18(15)27-21/h2-9H,10-14H2,1H3,(H,22,25). The van der Waals surface area contributed by atoms with Gasteiger partial charge >= 0.3 is 6.03 Å². The van der Waals surface area contributed by atoms with Crippen molar-refractivity contribution in [3.8, 4) is 11.5 Å². The van der Waals surface area contributed by atoms with Crippen molar-refractivity contribution in [3.05, 3.63) is 54.1 Å². The second-order valence-corrected chi connectivity index (χ2v) is 7.00. The highest BCUT2D eigenvalue weighted by Gasteiger charge is 2.43. The van der Waals surface area contributed by atoms with Crippen LogP contribution < -0.4 is 14.8 Å². The summed E-state index contributed by atoms with van der Waals surface area (Å²) in [6.07, 6.45) is 1.63. The second-order valence-electron chi connectivity index (χ2n) is 7.00. The van der Waals surface area contributed by atoms with Crippen molar-refractivity contribution >= 4 is 17.5 Å². The Hall–Kier alpha value is -3.02. The van der Waals surface area contributed by atoms with Crippen LogP contribution in [-0.4, -0.2) is 42.5 Å². The van der Waals surface area contributed by atoms with Crippen molar-refractivity contribution in [1.82, 2.24) is 4.90 Å². The van der Waals surface area contributed by atoms with E-state index in [1.165, 1.54) is 0 Å². The van der Waals surface area contributed by atoms with Crippen LogP contribution in [0.2, 0.25) is 0 Å². The summed E-state index contributed by atoms with van der Waals surface area (Å²) in [6, 6.07) is 14.5. The number of hydrogen-bond acceptors (Lipinski definition) is 4. The lowest BCUT2D eigenvalue weighted by Crippen LogP contribution is -2.53. The Morgan fingerprint density at radius 1 is 1.11 bits per heavy atom. The zero-order valence-corrected chi connectivity index (χ0v) is 15.2. The number of amides is 2. The van der Waals surface area contributed by atoms with Crippen LogP contribution in [0, 0.1) is 0 Å². The molecule has 27 heavy (non-hydrogen) atoms. The van der Waals surface area contributed by atoms with Crippen molar-refractivity contribution < 1.29 is 19.1 Å². The molecule has 1 spiro atoms. The van der Waals surface area contributed by atoms with Crippen LogP contribution in [0.15, 0.2) is 48.5 Å². The maximum absolute atomic E-state index is 12.6. The number of nitrogens with one attached hydrogen (secondary N) is 1. The minimum absolute atomic E-state index is 0.115. The highest BCUT2D eigenvalue weighted by molar-refractivity contribution is 6.00. The molecule has 1 N–H and O–H groups in total. The molecule has 0 unspecified atom stereocenters. The maximum atomic E-state index is 12.6. The molecule has 1 fully saturated rings. The molecule has 0 bridgehead atoms. The Bertz CT molecular complexity index is 872. The van der Waals surface area contributed by atoms with E-state index >= 15 is 0 Å². The number of piperidine rings is 1. The zero-order valence-electron chi connectivity index (χ0n) is 15.2. The number of rotatable bonds is 2. The van der Waals surface area contributed by atoms with Gasteiger partial charge in [0, 0.05) is 25.9 Å². The first kappa shape index (κ1) is 17.4. The molecule has 0 atom stereocenters. The van der Waals surface area contributed by atoms with Gasteiger partial charge in [0.2, 0.25) is 0 Å². The van der Waals surface area contributed by atoms with E-state index in [4.69, 9.17) is 9.47 Å². The number of likely N-dealkylation sites (tertiary alicyclic amines) is 1. The third kappa shape index (κ3) is 3.35. The summed E-state index contributed by atoms with van der Waals surface area (Å²) in [5.41, 5.74) is 0.787. The predicted octanol–water partition coefficient (Wildman–Crippen LogP) is 3.73. The number of carbonyl (C=O) groups excluding carboxylic acids is 2. The summed E-state index contributed by atoms with van der Waals surface area (Å²) >= 11 is 0. The van der Waals surface area contributed by atoms with Crippen molar-refractivity contribution in [2.75, 3.05) is 25.5 Å². The van der Waals surface area contributed by atoms with E-state index in [0.29, 0.717) is 55.1 Å². The highest BCUT2D eigenvalue weighted by Crippen LogP contribution is 2.39. The number of fused-ring (bicyclic) bond motifs is 1. The van der Waals surface area contributed by atoms with E-state index < -0.39 is 5.60 Å². The molecule has 2 aliphatic rings. The van der Waals surface area contributed by atoms with Gasteiger partial charge < -0.3 is 19.7 Å². The third-order valence-electron chi connectivity index (χ3n) is 5.31. The minimum Gasteiger partial charge on any atom is -0.495 e. The molecular formula is C21H22N2O4. The Morgan fingerprint density at radius 3 is 2.59 bits per heavy atom. The topological polar surface area (TPSA) is 67.9 Å². The number of anilines is 1. The van der Waals surface area contributed by atoms with Gasteiger partial charge in [-0.05, 0) is 24.3 Å². The number of methoxy groups -OCH3 is 1. The van der Waals surface area contributed by atoms with Crippen molar-refractivity contribution in [1.29, 1.82) is 0 Å². The predicted molar refractivity (Wildman–Crippen MR) is 102 cm³/mol. The lowest BCUT2D eigenvalue weighted by Gasteiger charge is -2.43. The molecule has 0 aromatic heterocycles. The number of Topliss-reactive ketones (excluding diaryl/α,β-unsaturated/α-hetero) is 1. The van der Waals surface area contributed by atoms with Gasteiger partial charge in [0.25, 0.3) is 0 Å². The molecule has 0 aliphatic carbocycles. The third-order valence-corrected chi connectivity index (χ3v) is 5.31. The molecule has 2 amide bonds. The smallest absolute Gasteiger partial charge is 0.321 e. The largest absolute Gasteiger partial charge is 0.495 e. The lowest BCUT2D eigenvalue weighted by atomic mass is 9.82. The molecule has 4 rings (SSSR count). The fourth-order valence-electron chi connectivity index (χ4n) is 3.78. The van der Waals surface area contributed by atoms with E-state index in [1.54, 1.807) is 24.1 Å². The summed E-state index contributed by atoms with van der Waals surface area (Å²) in [4.78, 5) is 26.9. The van der Waals surface area contributed by atoms with Crippen molar-refractivity contribution in [3.63, 3.8) is 0 Å². The van der Waals surface area contributed by atoms with Gasteiger partial charge in [-0.25, -0.2) is 4.79 Å². The van der Waals surface area contributed by atoms with Crippen LogP contribution in [0.4, 0.5) is 10.5 Å². The molecule has 2 aromatic carbocycles. The molecule has 140 valence electrons. The first-order valence-electron chi connectivity index (χ1n) is 9.10. The van der Waals surface area contributed by atoms with E-state index in [9.17, 15) is 9.59 Å². The van der Waals surface area contributed by atoms with Crippen LogP contribution >= 0.6 is 0 Å². The second kappa shape index (κ2) is 6.95. The average Bonchev–Trinajstić information content (AvgIpc) is 2.69. The first-order chi connectivity index (χ1) is 13.1. The lowest BCUT2D eigenvalue weighted by molar-refractivity contribution is 0.000384. The van der Waals surface area contributed by atoms with Gasteiger partial charge in [-0.15, -0.1) is 0 Å². The number of hydrogen-bond donors (Lipinski definition) is 1. The first-order valence-corrected chi connectivity index (χ1v) is 9.10.